The molecule has 72 valence electrons. The van der Waals surface area contributed by atoms with E-state index in [1.807, 2.05) is 13.3 Å². The van der Waals surface area contributed by atoms with Gasteiger partial charge in [0.25, 0.3) is 0 Å². The van der Waals surface area contributed by atoms with Crippen LogP contribution in [0.1, 0.15) is 24.2 Å². The number of rotatable bonds is 1. The van der Waals surface area contributed by atoms with Crippen LogP contribution in [0.25, 0.3) is 5.52 Å². The zero-order valence-corrected chi connectivity index (χ0v) is 8.20. The summed E-state index contributed by atoms with van der Waals surface area (Å²) < 4.78 is 2.11. The standard InChI is InChI=1S/C11H13N3/c1-8-9-3-2-4-10(11(12)5-6-11)14(9)7-13-8/h2-4,7H,5-6,12H2,1H3. The summed E-state index contributed by atoms with van der Waals surface area (Å²) in [6.45, 7) is 2.02. The van der Waals surface area contributed by atoms with Gasteiger partial charge in [-0.25, -0.2) is 4.98 Å². The summed E-state index contributed by atoms with van der Waals surface area (Å²) in [6, 6.07) is 6.24. The van der Waals surface area contributed by atoms with Crippen LogP contribution in [0.4, 0.5) is 0 Å². The van der Waals surface area contributed by atoms with Gasteiger partial charge in [-0.15, -0.1) is 0 Å². The Labute approximate surface area is 82.6 Å². The Balaban J connectivity index is 2.34. The minimum atomic E-state index is -0.0906. The maximum absolute atomic E-state index is 6.19. The van der Waals surface area contributed by atoms with Gasteiger partial charge >= 0.3 is 0 Å². The SMILES string of the molecule is Cc1ncn2c(C3(N)CC3)cccc12. The van der Waals surface area contributed by atoms with E-state index in [2.05, 4.69) is 27.6 Å². The van der Waals surface area contributed by atoms with Crippen molar-refractivity contribution in [2.24, 2.45) is 5.73 Å². The lowest BCUT2D eigenvalue weighted by atomic mass is 10.1. The number of fused-ring (bicyclic) bond motifs is 1. The van der Waals surface area contributed by atoms with Crippen LogP contribution >= 0.6 is 0 Å². The van der Waals surface area contributed by atoms with E-state index in [4.69, 9.17) is 5.73 Å². The second-order valence-electron chi connectivity index (χ2n) is 4.15. The third-order valence-corrected chi connectivity index (χ3v) is 3.06. The quantitative estimate of drug-likeness (QED) is 0.736. The lowest BCUT2D eigenvalue weighted by molar-refractivity contribution is 0.693. The van der Waals surface area contributed by atoms with Gasteiger partial charge in [0.2, 0.25) is 0 Å². The second-order valence-corrected chi connectivity index (χ2v) is 4.15. The van der Waals surface area contributed by atoms with E-state index >= 15 is 0 Å². The van der Waals surface area contributed by atoms with Gasteiger partial charge in [0.15, 0.2) is 0 Å². The highest BCUT2D eigenvalue weighted by Gasteiger charge is 2.41. The van der Waals surface area contributed by atoms with Gasteiger partial charge in [-0.05, 0) is 31.9 Å². The zero-order chi connectivity index (χ0) is 9.76. The first-order chi connectivity index (χ1) is 6.71. The first-order valence-corrected chi connectivity index (χ1v) is 4.93. The van der Waals surface area contributed by atoms with Crippen LogP contribution in [0.3, 0.4) is 0 Å². The van der Waals surface area contributed by atoms with E-state index in [-0.39, 0.29) is 5.54 Å². The van der Waals surface area contributed by atoms with Gasteiger partial charge in [-0.3, -0.25) is 0 Å². The number of imidazole rings is 1. The van der Waals surface area contributed by atoms with Crippen molar-refractivity contribution in [3.05, 3.63) is 35.9 Å². The number of pyridine rings is 1. The highest BCUT2D eigenvalue weighted by atomic mass is 15.0. The maximum atomic E-state index is 6.19. The van der Waals surface area contributed by atoms with Gasteiger partial charge in [-0.2, -0.15) is 0 Å². The molecule has 1 aliphatic carbocycles. The molecule has 0 aliphatic heterocycles. The van der Waals surface area contributed by atoms with Crippen molar-refractivity contribution in [2.45, 2.75) is 25.3 Å². The molecule has 0 unspecified atom stereocenters. The fourth-order valence-electron chi connectivity index (χ4n) is 1.95. The second kappa shape index (κ2) is 2.36. The highest BCUT2D eigenvalue weighted by Crippen LogP contribution is 2.42. The summed E-state index contributed by atoms with van der Waals surface area (Å²) in [4.78, 5) is 4.31. The molecule has 1 fully saturated rings. The molecule has 3 nitrogen and oxygen atoms in total. The predicted octanol–water partition coefficient (Wildman–Crippen LogP) is 1.59. The molecule has 0 spiro atoms. The third kappa shape index (κ3) is 0.930. The lowest BCUT2D eigenvalue weighted by Crippen LogP contribution is -2.21. The zero-order valence-electron chi connectivity index (χ0n) is 8.20. The van der Waals surface area contributed by atoms with Crippen LogP contribution in [-0.2, 0) is 5.54 Å². The first kappa shape index (κ1) is 8.00. The monoisotopic (exact) mass is 187 g/mol. The van der Waals surface area contributed by atoms with Crippen molar-refractivity contribution < 1.29 is 0 Å². The summed E-state index contributed by atoms with van der Waals surface area (Å²) >= 11 is 0. The molecule has 1 saturated carbocycles. The van der Waals surface area contributed by atoms with Crippen LogP contribution in [0.2, 0.25) is 0 Å². The smallest absolute Gasteiger partial charge is 0.0998 e. The molecule has 3 rings (SSSR count). The summed E-state index contributed by atoms with van der Waals surface area (Å²) in [5.41, 5.74) is 9.53. The molecular formula is C11H13N3. The van der Waals surface area contributed by atoms with E-state index in [1.165, 1.54) is 11.2 Å². The molecule has 0 saturated heterocycles. The van der Waals surface area contributed by atoms with E-state index in [9.17, 15) is 0 Å². The number of hydrogen-bond donors (Lipinski definition) is 1. The van der Waals surface area contributed by atoms with Crippen LogP contribution in [0.5, 0.6) is 0 Å². The van der Waals surface area contributed by atoms with E-state index in [0.29, 0.717) is 0 Å². The van der Waals surface area contributed by atoms with Crippen LogP contribution in [0.15, 0.2) is 24.5 Å². The number of nitrogens with zero attached hydrogens (tertiary/aromatic N) is 2. The molecule has 3 heteroatoms. The van der Waals surface area contributed by atoms with Crippen molar-refractivity contribution >= 4 is 5.52 Å². The number of aryl methyl sites for hydroxylation is 1. The lowest BCUT2D eigenvalue weighted by Gasteiger charge is -2.11. The normalized spacial score (nSPS) is 18.7. The average molecular weight is 187 g/mol. The molecular weight excluding hydrogens is 174 g/mol. The number of nitrogens with two attached hydrogens (primary N) is 1. The molecule has 2 heterocycles. The molecule has 1 aliphatic rings. The molecule has 2 N–H and O–H groups in total. The Bertz CT molecular complexity index is 494. The van der Waals surface area contributed by atoms with E-state index in [0.717, 1.165) is 18.5 Å². The van der Waals surface area contributed by atoms with Crippen LogP contribution < -0.4 is 5.73 Å². The molecule has 0 bridgehead atoms. The maximum Gasteiger partial charge on any atom is 0.0998 e. The molecule has 2 aromatic rings. The van der Waals surface area contributed by atoms with Gasteiger partial charge in [0, 0.05) is 5.69 Å². The third-order valence-electron chi connectivity index (χ3n) is 3.06. The highest BCUT2D eigenvalue weighted by molar-refractivity contribution is 5.53. The van der Waals surface area contributed by atoms with E-state index < -0.39 is 0 Å². The molecule has 0 amide bonds. The van der Waals surface area contributed by atoms with Crippen molar-refractivity contribution in [1.82, 2.24) is 9.38 Å². The summed E-state index contributed by atoms with van der Waals surface area (Å²) in [5.74, 6) is 0. The summed E-state index contributed by atoms with van der Waals surface area (Å²) in [5, 5.41) is 0. The largest absolute Gasteiger partial charge is 0.320 e. The number of aromatic nitrogens is 2. The Morgan fingerprint density at radius 3 is 2.93 bits per heavy atom. The Hall–Kier alpha value is -1.35. The number of hydrogen-bond acceptors (Lipinski definition) is 2. The van der Waals surface area contributed by atoms with Crippen molar-refractivity contribution in [1.29, 1.82) is 0 Å². The molecule has 0 radical (unpaired) electrons. The van der Waals surface area contributed by atoms with Gasteiger partial charge in [-0.1, -0.05) is 6.07 Å². The van der Waals surface area contributed by atoms with Gasteiger partial charge in [0.1, 0.15) is 0 Å². The Morgan fingerprint density at radius 2 is 2.21 bits per heavy atom. The molecule has 2 aromatic heterocycles. The van der Waals surface area contributed by atoms with Crippen LogP contribution in [-0.4, -0.2) is 9.38 Å². The fourth-order valence-corrected chi connectivity index (χ4v) is 1.95. The summed E-state index contributed by atoms with van der Waals surface area (Å²) in [6.07, 6.45) is 4.04. The van der Waals surface area contributed by atoms with Crippen LogP contribution in [0, 0.1) is 6.92 Å². The predicted molar refractivity (Wildman–Crippen MR) is 55.0 cm³/mol. The Morgan fingerprint density at radius 1 is 1.43 bits per heavy atom. The molecule has 0 aromatic carbocycles. The topological polar surface area (TPSA) is 43.3 Å². The molecule has 14 heavy (non-hydrogen) atoms. The Kier molecular flexibility index (Phi) is 1.35. The van der Waals surface area contributed by atoms with Crippen molar-refractivity contribution in [3.8, 4) is 0 Å². The minimum absolute atomic E-state index is 0.0906. The van der Waals surface area contributed by atoms with Crippen molar-refractivity contribution in [3.63, 3.8) is 0 Å². The molecule has 0 atom stereocenters. The fraction of sp³-hybridized carbons (Fsp3) is 0.364. The van der Waals surface area contributed by atoms with Gasteiger partial charge < -0.3 is 10.1 Å². The first-order valence-electron chi connectivity index (χ1n) is 4.93. The van der Waals surface area contributed by atoms with E-state index in [1.54, 1.807) is 0 Å². The summed E-state index contributed by atoms with van der Waals surface area (Å²) in [7, 11) is 0. The van der Waals surface area contributed by atoms with Crippen molar-refractivity contribution in [2.75, 3.05) is 0 Å². The average Bonchev–Trinajstić information content (AvgIpc) is 2.83. The van der Waals surface area contributed by atoms with Gasteiger partial charge in [0.05, 0.1) is 23.1 Å². The minimum Gasteiger partial charge on any atom is -0.320 e.